The van der Waals surface area contributed by atoms with E-state index in [1.54, 1.807) is 12.1 Å². The Bertz CT molecular complexity index is 547. The largest absolute Gasteiger partial charge is 0.446 e. The van der Waals surface area contributed by atoms with Crippen molar-refractivity contribution < 1.29 is 13.2 Å². The van der Waals surface area contributed by atoms with Crippen LogP contribution in [0.25, 0.3) is 0 Å². The van der Waals surface area contributed by atoms with Crippen LogP contribution in [0.4, 0.5) is 18.9 Å². The average molecular weight is 297 g/mol. The minimum absolute atomic E-state index is 0.102. The van der Waals surface area contributed by atoms with Crippen molar-refractivity contribution in [3.05, 3.63) is 59.7 Å². The van der Waals surface area contributed by atoms with Crippen molar-refractivity contribution in [1.29, 1.82) is 0 Å². The van der Waals surface area contributed by atoms with Gasteiger partial charge < -0.3 is 5.32 Å². The number of benzene rings is 2. The van der Waals surface area contributed by atoms with Gasteiger partial charge in [0.15, 0.2) is 0 Å². The third-order valence-corrected chi connectivity index (χ3v) is 3.44. The molecule has 0 aliphatic heterocycles. The molecule has 0 aliphatic rings. The number of hydrogen-bond acceptors (Lipinski definition) is 2. The first-order valence-electron chi connectivity index (χ1n) is 6.08. The molecule has 0 atom stereocenters. The Morgan fingerprint density at radius 1 is 0.950 bits per heavy atom. The molecule has 2 aromatic carbocycles. The third-order valence-electron chi connectivity index (χ3n) is 2.71. The van der Waals surface area contributed by atoms with Crippen LogP contribution in [0.2, 0.25) is 0 Å². The van der Waals surface area contributed by atoms with Crippen molar-refractivity contribution in [2.24, 2.45) is 0 Å². The number of rotatable bonds is 4. The fraction of sp³-hybridized carbons (Fsp3) is 0.200. The molecule has 0 saturated heterocycles. The van der Waals surface area contributed by atoms with Crippen molar-refractivity contribution in [2.75, 3.05) is 5.32 Å². The van der Waals surface area contributed by atoms with Gasteiger partial charge in [0.2, 0.25) is 0 Å². The zero-order chi connectivity index (χ0) is 14.6. The molecule has 0 amide bonds. The summed E-state index contributed by atoms with van der Waals surface area (Å²) in [6, 6.07) is 14.3. The topological polar surface area (TPSA) is 12.0 Å². The minimum atomic E-state index is -4.24. The molecule has 0 bridgehead atoms. The highest BCUT2D eigenvalue weighted by molar-refractivity contribution is 8.00. The van der Waals surface area contributed by atoms with Gasteiger partial charge in [0.05, 0.1) is 0 Å². The van der Waals surface area contributed by atoms with E-state index in [2.05, 4.69) is 5.32 Å². The number of anilines is 1. The number of aryl methyl sites for hydroxylation is 1. The molecule has 2 rings (SSSR count). The Hall–Kier alpha value is -1.62. The van der Waals surface area contributed by atoms with Gasteiger partial charge in [-0.1, -0.05) is 29.8 Å². The molecule has 0 spiro atoms. The second-order valence-corrected chi connectivity index (χ2v) is 5.55. The summed E-state index contributed by atoms with van der Waals surface area (Å²) in [5.41, 5.74) is -1.11. The van der Waals surface area contributed by atoms with Gasteiger partial charge in [-0.15, -0.1) is 0 Å². The maximum Gasteiger partial charge on any atom is 0.446 e. The Morgan fingerprint density at radius 3 is 2.10 bits per heavy atom. The van der Waals surface area contributed by atoms with Crippen LogP contribution < -0.4 is 5.32 Å². The standard InChI is InChI=1S/C15H14F3NS/c1-11-2-4-12(5-3-11)10-19-13-6-8-14(9-7-13)20-15(16,17)18/h2-9,19H,10H2,1H3. The molecule has 0 radical (unpaired) electrons. The quantitative estimate of drug-likeness (QED) is 0.777. The Kier molecular flexibility index (Phi) is 4.60. The van der Waals surface area contributed by atoms with Crippen LogP contribution >= 0.6 is 11.8 Å². The highest BCUT2D eigenvalue weighted by atomic mass is 32.2. The highest BCUT2D eigenvalue weighted by Gasteiger charge is 2.28. The van der Waals surface area contributed by atoms with Gasteiger partial charge in [0.1, 0.15) is 0 Å². The lowest BCUT2D eigenvalue weighted by Crippen LogP contribution is -2.00. The molecular formula is C15H14F3NS. The van der Waals surface area contributed by atoms with Gasteiger partial charge in [0.25, 0.3) is 0 Å². The predicted molar refractivity (Wildman–Crippen MR) is 76.9 cm³/mol. The molecule has 2 aromatic rings. The SMILES string of the molecule is Cc1ccc(CNc2ccc(SC(F)(F)F)cc2)cc1. The minimum Gasteiger partial charge on any atom is -0.381 e. The monoisotopic (exact) mass is 297 g/mol. The predicted octanol–water partition coefficient (Wildman–Crippen LogP) is 5.22. The number of halogens is 3. The molecular weight excluding hydrogens is 283 g/mol. The molecule has 1 nitrogen and oxygen atoms in total. The summed E-state index contributed by atoms with van der Waals surface area (Å²) in [5, 5.41) is 3.18. The van der Waals surface area contributed by atoms with Crippen LogP contribution in [0.1, 0.15) is 11.1 Å². The highest BCUT2D eigenvalue weighted by Crippen LogP contribution is 2.37. The summed E-state index contributed by atoms with van der Waals surface area (Å²) in [6.45, 7) is 2.67. The van der Waals surface area contributed by atoms with E-state index in [-0.39, 0.29) is 16.7 Å². The van der Waals surface area contributed by atoms with E-state index in [1.165, 1.54) is 17.7 Å². The van der Waals surface area contributed by atoms with Crippen LogP contribution in [0.3, 0.4) is 0 Å². The van der Waals surface area contributed by atoms with Gasteiger partial charge >= 0.3 is 5.51 Å². The van der Waals surface area contributed by atoms with E-state index in [0.717, 1.165) is 11.3 Å². The number of nitrogens with one attached hydrogen (secondary N) is 1. The summed E-state index contributed by atoms with van der Waals surface area (Å²) in [7, 11) is 0. The summed E-state index contributed by atoms with van der Waals surface area (Å²) in [5.74, 6) is 0. The van der Waals surface area contributed by atoms with Crippen molar-refractivity contribution >= 4 is 17.4 Å². The summed E-state index contributed by atoms with van der Waals surface area (Å²) in [6.07, 6.45) is 0. The fourth-order valence-corrected chi connectivity index (χ4v) is 2.22. The maximum absolute atomic E-state index is 12.2. The maximum atomic E-state index is 12.2. The molecule has 5 heteroatoms. The summed E-state index contributed by atoms with van der Waals surface area (Å²) >= 11 is -0.102. The van der Waals surface area contributed by atoms with Gasteiger partial charge in [-0.2, -0.15) is 13.2 Å². The summed E-state index contributed by atoms with van der Waals surface area (Å²) in [4.78, 5) is 0.193. The van der Waals surface area contributed by atoms with E-state index < -0.39 is 5.51 Å². The number of alkyl halides is 3. The lowest BCUT2D eigenvalue weighted by Gasteiger charge is -2.09. The second kappa shape index (κ2) is 6.22. The number of thioether (sulfide) groups is 1. The Labute approximate surface area is 120 Å². The second-order valence-electron chi connectivity index (χ2n) is 4.41. The Balaban J connectivity index is 1.92. The van der Waals surface area contributed by atoms with Crippen LogP contribution in [-0.4, -0.2) is 5.51 Å². The first kappa shape index (κ1) is 14.8. The number of hydrogen-bond donors (Lipinski definition) is 1. The zero-order valence-corrected chi connectivity index (χ0v) is 11.7. The van der Waals surface area contributed by atoms with E-state index in [4.69, 9.17) is 0 Å². The lowest BCUT2D eigenvalue weighted by atomic mass is 10.1. The third kappa shape index (κ3) is 4.81. The molecule has 0 heterocycles. The van der Waals surface area contributed by atoms with Crippen LogP contribution in [0.5, 0.6) is 0 Å². The molecule has 0 unspecified atom stereocenters. The van der Waals surface area contributed by atoms with Crippen molar-refractivity contribution in [2.45, 2.75) is 23.9 Å². The molecule has 0 saturated carbocycles. The van der Waals surface area contributed by atoms with Crippen molar-refractivity contribution in [3.63, 3.8) is 0 Å². The molecule has 20 heavy (non-hydrogen) atoms. The zero-order valence-electron chi connectivity index (χ0n) is 10.9. The fourth-order valence-electron chi connectivity index (χ4n) is 1.68. The van der Waals surface area contributed by atoms with E-state index in [1.807, 2.05) is 31.2 Å². The first-order valence-corrected chi connectivity index (χ1v) is 6.89. The summed E-state index contributed by atoms with van der Waals surface area (Å²) < 4.78 is 36.6. The molecule has 1 N–H and O–H groups in total. The van der Waals surface area contributed by atoms with Crippen molar-refractivity contribution in [1.82, 2.24) is 0 Å². The molecule has 0 fully saturated rings. The lowest BCUT2D eigenvalue weighted by molar-refractivity contribution is -0.0328. The van der Waals surface area contributed by atoms with Gasteiger partial charge in [-0.3, -0.25) is 0 Å². The average Bonchev–Trinajstić information content (AvgIpc) is 2.38. The van der Waals surface area contributed by atoms with Gasteiger partial charge in [-0.05, 0) is 48.5 Å². The van der Waals surface area contributed by atoms with Crippen LogP contribution in [0, 0.1) is 6.92 Å². The van der Waals surface area contributed by atoms with Gasteiger partial charge in [-0.25, -0.2) is 0 Å². The van der Waals surface area contributed by atoms with Gasteiger partial charge in [0, 0.05) is 17.1 Å². The molecule has 0 aromatic heterocycles. The normalized spacial score (nSPS) is 11.4. The first-order chi connectivity index (χ1) is 9.42. The van der Waals surface area contributed by atoms with Crippen LogP contribution in [0.15, 0.2) is 53.4 Å². The molecule has 106 valence electrons. The van der Waals surface area contributed by atoms with E-state index >= 15 is 0 Å². The van der Waals surface area contributed by atoms with E-state index in [9.17, 15) is 13.2 Å². The van der Waals surface area contributed by atoms with E-state index in [0.29, 0.717) is 6.54 Å². The molecule has 0 aliphatic carbocycles. The Morgan fingerprint density at radius 2 is 1.55 bits per heavy atom. The van der Waals surface area contributed by atoms with Crippen molar-refractivity contribution in [3.8, 4) is 0 Å². The van der Waals surface area contributed by atoms with Crippen LogP contribution in [-0.2, 0) is 6.54 Å². The smallest absolute Gasteiger partial charge is 0.381 e.